The van der Waals surface area contributed by atoms with Crippen molar-refractivity contribution in [1.82, 2.24) is 4.57 Å². The third-order valence-corrected chi connectivity index (χ3v) is 11.4. The third-order valence-electron chi connectivity index (χ3n) is 11.0. The largest absolute Gasteiger partial charge is 0.445 e. The van der Waals surface area contributed by atoms with Gasteiger partial charge in [0.1, 0.15) is 11.5 Å². The highest BCUT2D eigenvalue weighted by molar-refractivity contribution is 7.96. The van der Waals surface area contributed by atoms with Crippen molar-refractivity contribution in [3.8, 4) is 0 Å². The van der Waals surface area contributed by atoms with Crippen LogP contribution >= 0.6 is 12.6 Å². The number of nitrogens with two attached hydrogens (primary N) is 1. The van der Waals surface area contributed by atoms with Crippen LogP contribution in [0.5, 0.6) is 0 Å². The highest BCUT2D eigenvalue weighted by Crippen LogP contribution is 2.68. The lowest BCUT2D eigenvalue weighted by atomic mass is 9.45. The van der Waals surface area contributed by atoms with Crippen LogP contribution in [0.25, 0.3) is 0 Å². The number of aliphatic imine (C=N–C) groups is 1. The second-order valence-corrected chi connectivity index (χ2v) is 13.4. The quantitative estimate of drug-likeness (QED) is 0.314. The Morgan fingerprint density at radius 2 is 1.95 bits per heavy atom. The van der Waals surface area contributed by atoms with Crippen molar-refractivity contribution in [2.24, 2.45) is 46.4 Å². The highest BCUT2D eigenvalue weighted by Gasteiger charge is 2.70. The molecule has 0 radical (unpaired) electrons. The van der Waals surface area contributed by atoms with E-state index in [0.29, 0.717) is 37.1 Å². The van der Waals surface area contributed by atoms with E-state index in [4.69, 9.17) is 15.5 Å². The smallest absolute Gasteiger partial charge is 0.355 e. The summed E-state index contributed by atoms with van der Waals surface area (Å²) in [6.45, 7) is 4.21. The first-order valence-corrected chi connectivity index (χ1v) is 15.1. The topological polar surface area (TPSA) is 107 Å². The molecule has 3 saturated carbocycles. The molecule has 3 fully saturated rings. The minimum Gasteiger partial charge on any atom is -0.445 e. The number of rotatable bonds is 4. The van der Waals surface area contributed by atoms with E-state index in [1.54, 1.807) is 48.3 Å². The van der Waals surface area contributed by atoms with Gasteiger partial charge in [-0.1, -0.05) is 19.4 Å². The molecule has 7 atom stereocenters. The fraction of sp³-hybridized carbons (Fsp3) is 0.485. The molecule has 0 amide bonds. The number of carbonyl (C=O) groups is 2. The molecule has 3 N–H and O–H groups in total. The van der Waals surface area contributed by atoms with Gasteiger partial charge in [0.2, 0.25) is 5.12 Å². The number of esters is 1. The average Bonchev–Trinajstić information content (AvgIpc) is 3.50. The van der Waals surface area contributed by atoms with Crippen LogP contribution in [0.2, 0.25) is 0 Å². The number of carbonyl (C=O) groups excluding carboxylic acids is 2. The molecule has 9 heteroatoms. The molecule has 1 aromatic heterocycles. The molecule has 0 spiro atoms. The Balaban J connectivity index is 1.34. The van der Waals surface area contributed by atoms with Crippen molar-refractivity contribution in [3.05, 3.63) is 77.5 Å². The summed E-state index contributed by atoms with van der Waals surface area (Å²) in [7, 11) is 1.76. The third kappa shape index (κ3) is 4.22. The molecule has 4 aliphatic carbocycles. The fourth-order valence-electron chi connectivity index (χ4n) is 9.02. The standard InChI is InChI=1S/C33H38FN3O4S/c1-31-16-19(18-35)25(36-22-9-7-21(34)8-10-22)15-20(31)6-11-23-24-12-13-33(30(40)42,32(24,2)17-27(38)28(23)31)41-29(39)26-5-4-14-37(26)3/h4-5,7-10,14-15,18,23-24,27-28,38H,6,11-13,16-17,35H2,1-3H3,(H,40,42)/t23-,24-,27-,28+,31-,32-,33-/m0/s1. The number of benzene rings is 1. The van der Waals surface area contributed by atoms with Crippen molar-refractivity contribution in [2.75, 3.05) is 0 Å². The number of aromatic nitrogens is 1. The van der Waals surface area contributed by atoms with Crippen LogP contribution in [-0.4, -0.2) is 38.2 Å². The fourth-order valence-corrected chi connectivity index (χ4v) is 9.44. The summed E-state index contributed by atoms with van der Waals surface area (Å²) in [6.07, 6.45) is 8.43. The molecule has 4 aliphatic rings. The van der Waals surface area contributed by atoms with Gasteiger partial charge in [-0.05, 0) is 116 Å². The Hall–Kier alpha value is -3.17. The number of thiol groups is 1. The summed E-state index contributed by atoms with van der Waals surface area (Å²) in [6, 6.07) is 9.50. The molecule has 0 saturated heterocycles. The summed E-state index contributed by atoms with van der Waals surface area (Å²) < 4.78 is 21.3. The van der Waals surface area contributed by atoms with E-state index >= 15 is 0 Å². The zero-order chi connectivity index (χ0) is 30.0. The Labute approximate surface area is 251 Å². The number of aliphatic hydroxyl groups is 1. The van der Waals surface area contributed by atoms with Gasteiger partial charge >= 0.3 is 5.97 Å². The number of fused-ring (bicyclic) bond motifs is 5. The lowest BCUT2D eigenvalue weighted by Gasteiger charge is -2.60. The van der Waals surface area contributed by atoms with Gasteiger partial charge in [0.25, 0.3) is 0 Å². The van der Waals surface area contributed by atoms with E-state index in [0.717, 1.165) is 24.1 Å². The summed E-state index contributed by atoms with van der Waals surface area (Å²) in [5.74, 6) is -0.737. The maximum atomic E-state index is 13.5. The van der Waals surface area contributed by atoms with Gasteiger partial charge in [0, 0.05) is 18.7 Å². The molecule has 1 aromatic carbocycles. The maximum absolute atomic E-state index is 13.5. The van der Waals surface area contributed by atoms with Gasteiger partial charge in [0.15, 0.2) is 5.60 Å². The van der Waals surface area contributed by atoms with Crippen LogP contribution in [0.3, 0.4) is 0 Å². The predicted octanol–water partition coefficient (Wildman–Crippen LogP) is 5.68. The molecule has 0 unspecified atom stereocenters. The minimum absolute atomic E-state index is 0.0627. The van der Waals surface area contributed by atoms with E-state index in [2.05, 4.69) is 25.6 Å². The van der Waals surface area contributed by atoms with Crippen LogP contribution in [0, 0.1) is 34.4 Å². The van der Waals surface area contributed by atoms with Gasteiger partial charge < -0.3 is 20.1 Å². The monoisotopic (exact) mass is 591 g/mol. The van der Waals surface area contributed by atoms with E-state index in [-0.39, 0.29) is 29.0 Å². The summed E-state index contributed by atoms with van der Waals surface area (Å²) in [5, 5.41) is 11.5. The first-order chi connectivity index (χ1) is 19.9. The molecule has 6 rings (SSSR count). The second-order valence-electron chi connectivity index (χ2n) is 13.0. The number of halogens is 1. The lowest BCUT2D eigenvalue weighted by molar-refractivity contribution is -0.174. The Bertz CT molecular complexity index is 1530. The molecule has 0 bridgehead atoms. The number of ether oxygens (including phenoxy) is 1. The SMILES string of the molecule is Cn1cccc1C(=O)O[C@]1(C(=O)S)CC[C@H]2[C@@H]3CCC4=CC(=Nc5ccc(F)cc5)C(=CN)C[C@]4(C)[C@H]3[C@@H](O)C[C@@]21C. The van der Waals surface area contributed by atoms with Crippen molar-refractivity contribution in [3.63, 3.8) is 0 Å². The van der Waals surface area contributed by atoms with Crippen molar-refractivity contribution in [1.29, 1.82) is 0 Å². The van der Waals surface area contributed by atoms with Crippen LogP contribution in [0.1, 0.15) is 62.9 Å². The number of nitrogens with zero attached hydrogens (tertiary/aromatic N) is 2. The normalized spacial score (nSPS) is 37.5. The molecule has 2 aromatic rings. The van der Waals surface area contributed by atoms with Gasteiger partial charge in [-0.15, -0.1) is 12.6 Å². The van der Waals surface area contributed by atoms with E-state index in [1.165, 1.54) is 17.7 Å². The summed E-state index contributed by atoms with van der Waals surface area (Å²) >= 11 is 4.30. The lowest BCUT2D eigenvalue weighted by Crippen LogP contribution is -2.62. The van der Waals surface area contributed by atoms with Crippen molar-refractivity contribution in [2.45, 2.75) is 64.1 Å². The second kappa shape index (κ2) is 10.2. The minimum atomic E-state index is -1.42. The molecular formula is C33H38FN3O4S. The molecule has 0 aliphatic heterocycles. The number of hydrogen-bond donors (Lipinski definition) is 3. The van der Waals surface area contributed by atoms with Gasteiger partial charge in [-0.2, -0.15) is 0 Å². The molecular weight excluding hydrogens is 553 g/mol. The van der Waals surface area contributed by atoms with Gasteiger partial charge in [-0.25, -0.2) is 14.2 Å². The zero-order valence-electron chi connectivity index (χ0n) is 24.2. The number of aliphatic hydroxyl groups excluding tert-OH is 1. The van der Waals surface area contributed by atoms with Crippen LogP contribution in [-0.2, 0) is 16.6 Å². The van der Waals surface area contributed by atoms with Gasteiger partial charge in [-0.3, -0.25) is 4.79 Å². The summed E-state index contributed by atoms with van der Waals surface area (Å²) in [4.78, 5) is 31.4. The Kier molecular flexibility index (Phi) is 7.04. The molecule has 222 valence electrons. The number of hydrogen-bond acceptors (Lipinski definition) is 6. The van der Waals surface area contributed by atoms with Crippen LogP contribution in [0.15, 0.2) is 71.0 Å². The molecule has 7 nitrogen and oxygen atoms in total. The summed E-state index contributed by atoms with van der Waals surface area (Å²) in [5.41, 5.74) is 7.49. The molecule has 42 heavy (non-hydrogen) atoms. The Morgan fingerprint density at radius 3 is 2.60 bits per heavy atom. The van der Waals surface area contributed by atoms with E-state index in [9.17, 15) is 19.1 Å². The first-order valence-electron chi connectivity index (χ1n) is 14.7. The van der Waals surface area contributed by atoms with Gasteiger partial charge in [0.05, 0.1) is 17.5 Å². The van der Waals surface area contributed by atoms with E-state index < -0.39 is 28.2 Å². The predicted molar refractivity (Wildman–Crippen MR) is 162 cm³/mol. The zero-order valence-corrected chi connectivity index (χ0v) is 25.1. The average molecular weight is 592 g/mol. The van der Waals surface area contributed by atoms with E-state index in [1.807, 2.05) is 6.92 Å². The van der Waals surface area contributed by atoms with Crippen molar-refractivity contribution < 1.29 is 23.8 Å². The highest BCUT2D eigenvalue weighted by atomic mass is 32.1. The van der Waals surface area contributed by atoms with Crippen LogP contribution < -0.4 is 5.73 Å². The maximum Gasteiger partial charge on any atom is 0.355 e. The molecule has 1 heterocycles. The van der Waals surface area contributed by atoms with Crippen molar-refractivity contribution >= 4 is 35.1 Å². The first kappa shape index (κ1) is 28.9. The number of aryl methyl sites for hydroxylation is 1. The van der Waals surface area contributed by atoms with Crippen LogP contribution in [0.4, 0.5) is 10.1 Å². The number of allylic oxidation sites excluding steroid dienone is 3. The Morgan fingerprint density at radius 1 is 1.21 bits per heavy atom.